The molecule has 0 radical (unpaired) electrons. The number of allylic oxidation sites excluding steroid dienone is 4. The van der Waals surface area contributed by atoms with E-state index in [1.165, 1.54) is 63.2 Å². The monoisotopic (exact) mass is 728 g/mol. The summed E-state index contributed by atoms with van der Waals surface area (Å²) in [5.41, 5.74) is 10.4. The summed E-state index contributed by atoms with van der Waals surface area (Å²) in [6, 6.07) is 38.7. The van der Waals surface area contributed by atoms with E-state index in [2.05, 4.69) is 139 Å². The Bertz CT molecular complexity index is 1370. The molecule has 0 amide bonds. The second-order valence-electron chi connectivity index (χ2n) is 13.9. The van der Waals surface area contributed by atoms with E-state index in [0.717, 1.165) is 12.8 Å². The van der Waals surface area contributed by atoms with Crippen LogP contribution in [0.4, 0.5) is 0 Å². The first-order valence-corrected chi connectivity index (χ1v) is 17.1. The summed E-state index contributed by atoms with van der Waals surface area (Å²) in [6.45, 7) is 20.3. The molecule has 0 aromatic heterocycles. The summed E-state index contributed by atoms with van der Waals surface area (Å²) in [5, 5.41) is 0. The molecular formula is C43H52Cl2Zr-4. The minimum absolute atomic E-state index is 0. The van der Waals surface area contributed by atoms with Gasteiger partial charge in [0.1, 0.15) is 0 Å². The van der Waals surface area contributed by atoms with E-state index in [1.54, 1.807) is 0 Å². The van der Waals surface area contributed by atoms with Crippen molar-refractivity contribution in [2.45, 2.75) is 91.4 Å². The van der Waals surface area contributed by atoms with Gasteiger partial charge in [0.25, 0.3) is 0 Å². The number of benzene rings is 4. The van der Waals surface area contributed by atoms with E-state index in [4.69, 9.17) is 0 Å². The minimum Gasteiger partial charge on any atom is -0.184 e. The molecule has 0 atom stereocenters. The largest absolute Gasteiger partial charge is 0.184 e. The van der Waals surface area contributed by atoms with Crippen LogP contribution in [0.1, 0.15) is 96.6 Å². The van der Waals surface area contributed by atoms with E-state index in [-0.39, 0.29) is 41.1 Å². The molecule has 0 heterocycles. The Balaban J connectivity index is 0.000000672. The first kappa shape index (κ1) is 43.7. The molecular weight excluding hydrogens is 679 g/mol. The van der Waals surface area contributed by atoms with Crippen molar-refractivity contribution in [2.75, 3.05) is 0 Å². The summed E-state index contributed by atoms with van der Waals surface area (Å²) in [7, 11) is 0. The fourth-order valence-corrected chi connectivity index (χ4v) is 4.55. The molecule has 46 heavy (non-hydrogen) atoms. The van der Waals surface area contributed by atoms with Crippen molar-refractivity contribution in [1.82, 2.24) is 0 Å². The van der Waals surface area contributed by atoms with Gasteiger partial charge in [0.15, 0.2) is 0 Å². The summed E-state index contributed by atoms with van der Waals surface area (Å²) in [5.74, 6) is 0. The van der Waals surface area contributed by atoms with E-state index >= 15 is 0 Å². The van der Waals surface area contributed by atoms with Crippen molar-refractivity contribution < 1.29 is 24.2 Å². The molecule has 2 aliphatic rings. The summed E-state index contributed by atoms with van der Waals surface area (Å²) < 4.78 is 3.34. The third-order valence-electron chi connectivity index (χ3n) is 7.30. The van der Waals surface area contributed by atoms with Crippen LogP contribution in [-0.4, -0.2) is 4.21 Å². The van der Waals surface area contributed by atoms with E-state index < -0.39 is 0 Å². The SMILES string of the molecule is CC(C)(C)c1c[c-]c2c(c1)-c1cc(C(C)(C)C)ccc1C2.CC(C)(C)c1cc[c-]cc1.Cl.Cl.[C-]1=CC=CC1.[CH2]=[Zr].[c-]1ccccc1. The molecule has 0 N–H and O–H groups in total. The third-order valence-corrected chi connectivity index (χ3v) is 7.30. The third kappa shape index (κ3) is 14.6. The maximum atomic E-state index is 3.53. The van der Waals surface area contributed by atoms with Gasteiger partial charge >= 0.3 is 28.4 Å². The predicted molar refractivity (Wildman–Crippen MR) is 203 cm³/mol. The standard InChI is InChI=1S/C21H25.C10H13.C6H5.C5H5.CH2.2ClH.Zr/c1-20(2,3)16-9-7-14-11-15-8-10-17(21(4,5)6)13-19(15)18(14)12-16;1-10(2,3)9-7-5-4-6-8-9;1-2-4-6-5-3-1;1-2-4-5-3-1;;;;/h7,9-10,12-13H,11H2,1-6H3;5-8H,1-3H3;1-5H;1-3H,4H2;1H2;2*1H;/q4*-1;;;;. The van der Waals surface area contributed by atoms with Crippen LogP contribution in [0.15, 0.2) is 103 Å². The second kappa shape index (κ2) is 20.8. The van der Waals surface area contributed by atoms with Crippen LogP contribution in [0.2, 0.25) is 0 Å². The zero-order valence-electron chi connectivity index (χ0n) is 29.3. The average molecular weight is 731 g/mol. The van der Waals surface area contributed by atoms with Gasteiger partial charge in [0.2, 0.25) is 0 Å². The van der Waals surface area contributed by atoms with Gasteiger partial charge in [0.05, 0.1) is 0 Å². The quantitative estimate of drug-likeness (QED) is 0.139. The van der Waals surface area contributed by atoms with Gasteiger partial charge in [-0.1, -0.05) is 97.1 Å². The van der Waals surface area contributed by atoms with Gasteiger partial charge in [0, 0.05) is 0 Å². The first-order chi connectivity index (χ1) is 20.8. The average Bonchev–Trinajstić information content (AvgIpc) is 3.70. The van der Waals surface area contributed by atoms with Gasteiger partial charge in [-0.25, -0.2) is 12.2 Å². The topological polar surface area (TPSA) is 0 Å². The Hall–Kier alpha value is -2.31. The fourth-order valence-electron chi connectivity index (χ4n) is 4.55. The Morgan fingerprint density at radius 1 is 0.630 bits per heavy atom. The van der Waals surface area contributed by atoms with Crippen LogP contribution in [0.5, 0.6) is 0 Å². The molecule has 0 unspecified atom stereocenters. The molecule has 6 rings (SSSR count). The van der Waals surface area contributed by atoms with E-state index in [9.17, 15) is 0 Å². The molecule has 0 nitrogen and oxygen atoms in total. The van der Waals surface area contributed by atoms with Crippen LogP contribution in [0.25, 0.3) is 11.1 Å². The van der Waals surface area contributed by atoms with Gasteiger partial charge < -0.3 is 0 Å². The molecule has 0 bridgehead atoms. The zero-order chi connectivity index (χ0) is 32.8. The molecule has 0 saturated carbocycles. The Morgan fingerprint density at radius 3 is 1.57 bits per heavy atom. The van der Waals surface area contributed by atoms with Crippen LogP contribution < -0.4 is 0 Å². The number of hydrogen-bond acceptors (Lipinski definition) is 0. The summed E-state index contributed by atoms with van der Waals surface area (Å²) in [6.07, 6.45) is 11.0. The predicted octanol–water partition coefficient (Wildman–Crippen LogP) is 12.0. The molecule has 2 aliphatic carbocycles. The van der Waals surface area contributed by atoms with E-state index in [1.807, 2.05) is 54.6 Å². The number of halogens is 2. The molecule has 0 aliphatic heterocycles. The summed E-state index contributed by atoms with van der Waals surface area (Å²) >= 11 is 1.30. The van der Waals surface area contributed by atoms with Crippen molar-refractivity contribution in [1.29, 1.82) is 0 Å². The van der Waals surface area contributed by atoms with E-state index in [0.29, 0.717) is 0 Å². The normalized spacial score (nSPS) is 11.9. The smallest absolute Gasteiger partial charge is 0.171 e. The van der Waals surface area contributed by atoms with Crippen LogP contribution in [0.3, 0.4) is 0 Å². The first-order valence-electron chi connectivity index (χ1n) is 15.4. The maximum Gasteiger partial charge on any atom is -0.171 e. The minimum atomic E-state index is 0. The van der Waals surface area contributed by atoms with Crippen molar-refractivity contribution in [3.63, 3.8) is 0 Å². The van der Waals surface area contributed by atoms with Crippen LogP contribution >= 0.6 is 24.8 Å². The summed E-state index contributed by atoms with van der Waals surface area (Å²) in [4.78, 5) is 0. The number of rotatable bonds is 0. The molecule has 4 aromatic rings. The molecule has 246 valence electrons. The van der Waals surface area contributed by atoms with Gasteiger partial charge in [-0.15, -0.1) is 36.8 Å². The number of hydrogen-bond donors (Lipinski definition) is 0. The Kier molecular flexibility index (Phi) is 19.8. The van der Waals surface area contributed by atoms with Crippen molar-refractivity contribution in [3.05, 3.63) is 155 Å². The van der Waals surface area contributed by atoms with Gasteiger partial charge in [-0.05, 0) is 22.8 Å². The maximum absolute atomic E-state index is 3.53. The van der Waals surface area contributed by atoms with Crippen molar-refractivity contribution in [2.24, 2.45) is 0 Å². The van der Waals surface area contributed by atoms with Crippen LogP contribution in [-0.2, 0) is 46.9 Å². The zero-order valence-corrected chi connectivity index (χ0v) is 33.3. The molecule has 3 heteroatoms. The Labute approximate surface area is 309 Å². The molecule has 0 fully saturated rings. The Morgan fingerprint density at radius 2 is 1.17 bits per heavy atom. The molecule has 0 spiro atoms. The number of fused-ring (bicyclic) bond motifs is 3. The molecule has 4 aromatic carbocycles. The second-order valence-corrected chi connectivity index (χ2v) is 13.9. The molecule has 0 saturated heterocycles. The van der Waals surface area contributed by atoms with Gasteiger partial charge in [-0.3, -0.25) is 6.08 Å². The van der Waals surface area contributed by atoms with Crippen molar-refractivity contribution >= 4 is 29.0 Å². The van der Waals surface area contributed by atoms with Gasteiger partial charge in [-0.2, -0.15) is 108 Å². The van der Waals surface area contributed by atoms with Crippen molar-refractivity contribution in [3.8, 4) is 11.1 Å². The fraction of sp³-hybridized carbons (Fsp3) is 0.326. The van der Waals surface area contributed by atoms with Crippen LogP contribution in [0, 0.1) is 24.3 Å².